The molecule has 1 aliphatic rings. The summed E-state index contributed by atoms with van der Waals surface area (Å²) in [6.45, 7) is 9.72. The van der Waals surface area contributed by atoms with Crippen LogP contribution in [0.3, 0.4) is 0 Å². The molecule has 4 rings (SSSR count). The molecule has 152 valence electrons. The number of aryl methyl sites for hydroxylation is 1. The third-order valence-corrected chi connectivity index (χ3v) is 5.89. The normalized spacial score (nSPS) is 13.8. The Morgan fingerprint density at radius 1 is 0.867 bits per heavy atom. The second-order valence-corrected chi connectivity index (χ2v) is 8.01. The third-order valence-electron chi connectivity index (χ3n) is 4.77. The van der Waals surface area contributed by atoms with Crippen molar-refractivity contribution in [1.82, 2.24) is 0 Å². The van der Waals surface area contributed by atoms with Crippen molar-refractivity contribution in [3.05, 3.63) is 93.9 Å². The quantitative estimate of drug-likeness (QED) is 0.398. The summed E-state index contributed by atoms with van der Waals surface area (Å²) < 4.78 is 1.20. The Bertz CT molecular complexity index is 1150. The number of Topliss-reactive ketones (excluding diaryl/α,β-unsaturated/α-hetero) is 1. The molecular weight excluding hydrogens is 388 g/mol. The first-order valence-electron chi connectivity index (χ1n) is 10.1. The first kappa shape index (κ1) is 21.6. The smallest absolute Gasteiger partial charge is 0.184 e. The monoisotopic (exact) mass is 414 g/mol. The van der Waals surface area contributed by atoms with E-state index in [0.29, 0.717) is 0 Å². The maximum absolute atomic E-state index is 12.2. The standard InChI is InChI=1S/C24H20N2OS.C2H6/c1-15-8-4-6-10-20(15)25-26-23(19-12-16(2)24(27)17(3)13-19)22-14-18-9-5-7-11-21(18)28-22;1-2/h4-14H,1-3H3;1-2H3. The van der Waals surface area contributed by atoms with Gasteiger partial charge < -0.3 is 0 Å². The fourth-order valence-corrected chi connectivity index (χ4v) is 4.28. The van der Waals surface area contributed by atoms with Crippen molar-refractivity contribution in [2.75, 3.05) is 0 Å². The summed E-state index contributed by atoms with van der Waals surface area (Å²) in [4.78, 5) is 13.2. The highest BCUT2D eigenvalue weighted by Crippen LogP contribution is 2.36. The Kier molecular flexibility index (Phi) is 6.91. The van der Waals surface area contributed by atoms with Crippen LogP contribution in [0.5, 0.6) is 0 Å². The summed E-state index contributed by atoms with van der Waals surface area (Å²) in [6, 6.07) is 18.4. The molecule has 3 aromatic rings. The van der Waals surface area contributed by atoms with Gasteiger partial charge in [0.25, 0.3) is 0 Å². The Hall–Kier alpha value is -3.11. The number of thiophene rings is 1. The number of fused-ring (bicyclic) bond motifs is 1. The van der Waals surface area contributed by atoms with Gasteiger partial charge in [0.1, 0.15) is 5.70 Å². The van der Waals surface area contributed by atoms with Crippen LogP contribution in [0.15, 0.2) is 93.7 Å². The van der Waals surface area contributed by atoms with Crippen molar-refractivity contribution in [1.29, 1.82) is 0 Å². The number of azo groups is 1. The minimum atomic E-state index is 0.0790. The second-order valence-electron chi connectivity index (χ2n) is 6.92. The minimum absolute atomic E-state index is 0.0790. The highest BCUT2D eigenvalue weighted by atomic mass is 32.1. The highest BCUT2D eigenvalue weighted by Gasteiger charge is 2.18. The van der Waals surface area contributed by atoms with E-state index in [-0.39, 0.29) is 5.78 Å². The van der Waals surface area contributed by atoms with E-state index >= 15 is 0 Å². The fraction of sp³-hybridized carbons (Fsp3) is 0.192. The van der Waals surface area contributed by atoms with Crippen molar-refractivity contribution in [3.8, 4) is 0 Å². The van der Waals surface area contributed by atoms with E-state index in [9.17, 15) is 4.79 Å². The van der Waals surface area contributed by atoms with Gasteiger partial charge in [-0.2, -0.15) is 5.11 Å². The predicted molar refractivity (Wildman–Crippen MR) is 128 cm³/mol. The van der Waals surface area contributed by atoms with Crippen LogP contribution in [0.2, 0.25) is 0 Å². The summed E-state index contributed by atoms with van der Waals surface area (Å²) in [5.41, 5.74) is 5.06. The van der Waals surface area contributed by atoms with Gasteiger partial charge in [-0.15, -0.1) is 16.5 Å². The molecule has 1 aromatic heterocycles. The molecule has 0 N–H and O–H groups in total. The molecule has 1 aliphatic carbocycles. The summed E-state index contributed by atoms with van der Waals surface area (Å²) in [6.07, 6.45) is 3.82. The molecule has 0 amide bonds. The molecule has 0 unspecified atom stereocenters. The van der Waals surface area contributed by atoms with Crippen molar-refractivity contribution in [2.45, 2.75) is 34.6 Å². The molecule has 0 saturated carbocycles. The number of carbonyl (C=O) groups excluding carboxylic acids is 1. The molecule has 30 heavy (non-hydrogen) atoms. The summed E-state index contributed by atoms with van der Waals surface area (Å²) >= 11 is 1.69. The minimum Gasteiger partial charge on any atom is -0.289 e. The Labute approximate surface area is 182 Å². The van der Waals surface area contributed by atoms with Crippen molar-refractivity contribution in [3.63, 3.8) is 0 Å². The van der Waals surface area contributed by atoms with Gasteiger partial charge in [0.2, 0.25) is 0 Å². The zero-order chi connectivity index (χ0) is 21.7. The lowest BCUT2D eigenvalue weighted by Gasteiger charge is -2.11. The largest absolute Gasteiger partial charge is 0.289 e. The van der Waals surface area contributed by atoms with Crippen LogP contribution < -0.4 is 0 Å². The van der Waals surface area contributed by atoms with Crippen molar-refractivity contribution in [2.24, 2.45) is 10.2 Å². The van der Waals surface area contributed by atoms with E-state index in [0.717, 1.165) is 38.5 Å². The highest BCUT2D eigenvalue weighted by molar-refractivity contribution is 7.20. The number of rotatable bonds is 3. The second kappa shape index (κ2) is 9.59. The zero-order valence-corrected chi connectivity index (χ0v) is 18.9. The summed E-state index contributed by atoms with van der Waals surface area (Å²) in [5, 5.41) is 10.4. The van der Waals surface area contributed by atoms with Gasteiger partial charge >= 0.3 is 0 Å². The summed E-state index contributed by atoms with van der Waals surface area (Å²) in [7, 11) is 0. The molecule has 0 spiro atoms. The maximum Gasteiger partial charge on any atom is 0.184 e. The van der Waals surface area contributed by atoms with E-state index in [1.807, 2.05) is 83.2 Å². The van der Waals surface area contributed by atoms with Crippen LogP contribution in [0.25, 0.3) is 15.8 Å². The van der Waals surface area contributed by atoms with Crippen LogP contribution >= 0.6 is 11.3 Å². The van der Waals surface area contributed by atoms with E-state index in [1.54, 1.807) is 11.3 Å². The molecule has 0 radical (unpaired) electrons. The Balaban J connectivity index is 0.00000124. The SMILES string of the molecule is CC.CC1=CC(=C(N=Nc2ccccc2C)c2cc3ccccc3s2)C=C(C)C1=O. The van der Waals surface area contributed by atoms with Gasteiger partial charge in [-0.1, -0.05) is 50.2 Å². The number of hydrogen-bond acceptors (Lipinski definition) is 4. The van der Waals surface area contributed by atoms with Gasteiger partial charge in [0.05, 0.1) is 10.6 Å². The van der Waals surface area contributed by atoms with E-state index < -0.39 is 0 Å². The van der Waals surface area contributed by atoms with Gasteiger partial charge in [-0.25, -0.2) is 0 Å². The maximum atomic E-state index is 12.2. The van der Waals surface area contributed by atoms with Crippen LogP contribution in [0, 0.1) is 6.92 Å². The zero-order valence-electron chi connectivity index (χ0n) is 18.1. The topological polar surface area (TPSA) is 41.8 Å². The number of hydrogen-bond donors (Lipinski definition) is 0. The lowest BCUT2D eigenvalue weighted by atomic mass is 9.94. The van der Waals surface area contributed by atoms with Crippen molar-refractivity contribution >= 4 is 38.6 Å². The molecular formula is C26H26N2OS. The molecule has 1 heterocycles. The first-order valence-corrected chi connectivity index (χ1v) is 11.0. The van der Waals surface area contributed by atoms with Gasteiger partial charge in [-0.3, -0.25) is 4.79 Å². The molecule has 2 aromatic carbocycles. The van der Waals surface area contributed by atoms with Crippen LogP contribution in [0.1, 0.15) is 38.1 Å². The number of allylic oxidation sites excluding steroid dienone is 5. The number of nitrogens with zero attached hydrogens (tertiary/aromatic N) is 2. The van der Waals surface area contributed by atoms with E-state index in [2.05, 4.69) is 28.4 Å². The molecule has 0 atom stereocenters. The Morgan fingerprint density at radius 3 is 2.17 bits per heavy atom. The number of carbonyl (C=O) groups is 1. The van der Waals surface area contributed by atoms with Crippen LogP contribution in [-0.4, -0.2) is 5.78 Å². The van der Waals surface area contributed by atoms with Gasteiger partial charge in [0, 0.05) is 10.3 Å². The first-order chi connectivity index (χ1) is 14.5. The lowest BCUT2D eigenvalue weighted by Crippen LogP contribution is -2.06. The molecule has 0 bridgehead atoms. The van der Waals surface area contributed by atoms with Crippen LogP contribution in [-0.2, 0) is 4.79 Å². The molecule has 0 fully saturated rings. The van der Waals surface area contributed by atoms with Gasteiger partial charge in [0.15, 0.2) is 5.78 Å². The molecule has 0 saturated heterocycles. The average Bonchev–Trinajstić information content (AvgIpc) is 3.18. The Morgan fingerprint density at radius 2 is 1.50 bits per heavy atom. The third kappa shape index (κ3) is 4.55. The van der Waals surface area contributed by atoms with Crippen molar-refractivity contribution < 1.29 is 4.79 Å². The van der Waals surface area contributed by atoms with Crippen LogP contribution in [0.4, 0.5) is 5.69 Å². The van der Waals surface area contributed by atoms with Gasteiger partial charge in [-0.05, 0) is 73.2 Å². The number of benzene rings is 2. The molecule has 0 aliphatic heterocycles. The lowest BCUT2D eigenvalue weighted by molar-refractivity contribution is -0.112. The van der Waals surface area contributed by atoms with E-state index in [4.69, 9.17) is 0 Å². The molecule has 4 heteroatoms. The summed E-state index contributed by atoms with van der Waals surface area (Å²) in [5.74, 6) is 0.0790. The fourth-order valence-electron chi connectivity index (χ4n) is 3.21. The molecule has 3 nitrogen and oxygen atoms in total. The predicted octanol–water partition coefficient (Wildman–Crippen LogP) is 8.21. The van der Waals surface area contributed by atoms with E-state index in [1.165, 1.54) is 10.1 Å². The number of ketones is 1. The average molecular weight is 415 g/mol.